The number of imidazole rings is 1. The van der Waals surface area contributed by atoms with E-state index in [9.17, 15) is 0 Å². The molecule has 1 aromatic carbocycles. The van der Waals surface area contributed by atoms with Gasteiger partial charge in [0.1, 0.15) is 19.3 Å². The molecule has 118 valence electrons. The highest BCUT2D eigenvalue weighted by Crippen LogP contribution is 2.23. The smallest absolute Gasteiger partial charge is 0.245 e. The van der Waals surface area contributed by atoms with Crippen molar-refractivity contribution in [3.05, 3.63) is 72.6 Å². The van der Waals surface area contributed by atoms with Crippen LogP contribution < -0.4 is 4.74 Å². The second-order valence-electron chi connectivity index (χ2n) is 5.40. The molecule has 0 fully saturated rings. The van der Waals surface area contributed by atoms with Crippen LogP contribution in [0.2, 0.25) is 0 Å². The van der Waals surface area contributed by atoms with Gasteiger partial charge in [0.25, 0.3) is 0 Å². The molecule has 6 heteroatoms. The number of hydrogen-bond acceptors (Lipinski definition) is 5. The number of aromatic nitrogens is 5. The third-order valence-electron chi connectivity index (χ3n) is 3.68. The summed E-state index contributed by atoms with van der Waals surface area (Å²) in [5.41, 5.74) is 4.32. The van der Waals surface area contributed by atoms with Crippen molar-refractivity contribution in [3.63, 3.8) is 0 Å². The summed E-state index contributed by atoms with van der Waals surface area (Å²) in [5, 5.41) is 0. The lowest BCUT2D eigenvalue weighted by Gasteiger charge is -2.06. The fourth-order valence-corrected chi connectivity index (χ4v) is 2.51. The number of rotatable bonds is 4. The maximum absolute atomic E-state index is 5.84. The molecule has 0 saturated heterocycles. The van der Waals surface area contributed by atoms with E-state index in [0.29, 0.717) is 23.7 Å². The van der Waals surface area contributed by atoms with E-state index in [1.165, 1.54) is 6.33 Å². The minimum Gasteiger partial charge on any atom is -0.471 e. The zero-order valence-electron chi connectivity index (χ0n) is 13.1. The van der Waals surface area contributed by atoms with Crippen molar-refractivity contribution < 1.29 is 4.74 Å². The number of pyridine rings is 1. The van der Waals surface area contributed by atoms with Gasteiger partial charge in [0.05, 0.1) is 5.69 Å². The molecule has 0 aliphatic carbocycles. The van der Waals surface area contributed by atoms with Crippen LogP contribution in [0.4, 0.5) is 0 Å². The number of ether oxygens (including phenoxy) is 1. The van der Waals surface area contributed by atoms with Gasteiger partial charge >= 0.3 is 0 Å². The molecule has 0 bridgehead atoms. The molecule has 24 heavy (non-hydrogen) atoms. The van der Waals surface area contributed by atoms with Gasteiger partial charge in [-0.15, -0.1) is 0 Å². The van der Waals surface area contributed by atoms with Gasteiger partial charge in [0.2, 0.25) is 5.88 Å². The Labute approximate surface area is 138 Å². The van der Waals surface area contributed by atoms with E-state index in [1.54, 1.807) is 12.5 Å². The van der Waals surface area contributed by atoms with E-state index in [-0.39, 0.29) is 0 Å². The average Bonchev–Trinajstić information content (AvgIpc) is 3.05. The highest BCUT2D eigenvalue weighted by Gasteiger charge is 2.12. The zero-order valence-corrected chi connectivity index (χ0v) is 13.1. The van der Waals surface area contributed by atoms with Crippen molar-refractivity contribution in [1.29, 1.82) is 0 Å². The van der Waals surface area contributed by atoms with Crippen LogP contribution in [-0.2, 0) is 6.61 Å². The molecule has 0 spiro atoms. The van der Waals surface area contributed by atoms with Crippen LogP contribution in [-0.4, -0.2) is 24.5 Å². The van der Waals surface area contributed by atoms with Crippen LogP contribution in [0.25, 0.3) is 16.9 Å². The Balaban J connectivity index is 1.69. The summed E-state index contributed by atoms with van der Waals surface area (Å²) in [5.74, 6) is 0.480. The number of fused-ring (bicyclic) bond motifs is 1. The summed E-state index contributed by atoms with van der Waals surface area (Å²) in [6.45, 7) is 2.39. The minimum atomic E-state index is 0.439. The zero-order chi connectivity index (χ0) is 16.4. The highest BCUT2D eigenvalue weighted by molar-refractivity contribution is 5.77. The van der Waals surface area contributed by atoms with Crippen LogP contribution in [0.15, 0.2) is 61.3 Å². The SMILES string of the molecule is Cc1cc(-n2cnc3c(OCc4ccccc4)ncnc32)ccn1. The summed E-state index contributed by atoms with van der Waals surface area (Å²) < 4.78 is 7.74. The van der Waals surface area contributed by atoms with Crippen molar-refractivity contribution in [1.82, 2.24) is 24.5 Å². The molecule has 0 aliphatic heterocycles. The van der Waals surface area contributed by atoms with Crippen molar-refractivity contribution >= 4 is 11.2 Å². The van der Waals surface area contributed by atoms with Gasteiger partial charge in [-0.1, -0.05) is 30.3 Å². The van der Waals surface area contributed by atoms with Crippen molar-refractivity contribution in [2.75, 3.05) is 0 Å². The largest absolute Gasteiger partial charge is 0.471 e. The van der Waals surface area contributed by atoms with Crippen LogP contribution in [0.3, 0.4) is 0 Å². The molecule has 4 rings (SSSR count). The molecule has 0 aliphatic rings. The normalized spacial score (nSPS) is 10.9. The van der Waals surface area contributed by atoms with Crippen LogP contribution in [0.1, 0.15) is 11.3 Å². The van der Waals surface area contributed by atoms with E-state index in [0.717, 1.165) is 16.9 Å². The number of hydrogen-bond donors (Lipinski definition) is 0. The Hall–Kier alpha value is -3.28. The van der Waals surface area contributed by atoms with E-state index in [4.69, 9.17) is 4.74 Å². The average molecular weight is 317 g/mol. The lowest BCUT2D eigenvalue weighted by molar-refractivity contribution is 0.297. The Bertz CT molecular complexity index is 981. The van der Waals surface area contributed by atoms with Crippen LogP contribution >= 0.6 is 0 Å². The Kier molecular flexibility index (Phi) is 3.63. The number of aryl methyl sites for hydroxylation is 1. The summed E-state index contributed by atoms with van der Waals surface area (Å²) in [6.07, 6.45) is 4.99. The van der Waals surface area contributed by atoms with Gasteiger partial charge in [-0.3, -0.25) is 9.55 Å². The molecular weight excluding hydrogens is 302 g/mol. The molecular formula is C18H15N5O. The Morgan fingerprint density at radius 3 is 2.71 bits per heavy atom. The quantitative estimate of drug-likeness (QED) is 0.578. The number of benzene rings is 1. The predicted molar refractivity (Wildman–Crippen MR) is 90.0 cm³/mol. The maximum atomic E-state index is 5.84. The van der Waals surface area contributed by atoms with Gasteiger partial charge in [-0.25, -0.2) is 9.97 Å². The van der Waals surface area contributed by atoms with Gasteiger partial charge in [-0.2, -0.15) is 4.98 Å². The first-order valence-electron chi connectivity index (χ1n) is 7.59. The molecule has 6 nitrogen and oxygen atoms in total. The first-order chi connectivity index (χ1) is 11.8. The fourth-order valence-electron chi connectivity index (χ4n) is 2.51. The van der Waals surface area contributed by atoms with Gasteiger partial charge < -0.3 is 4.74 Å². The first kappa shape index (κ1) is 14.3. The molecule has 0 amide bonds. The predicted octanol–water partition coefficient (Wildman–Crippen LogP) is 3.10. The summed E-state index contributed by atoms with van der Waals surface area (Å²) in [7, 11) is 0. The van der Waals surface area contributed by atoms with Crippen LogP contribution in [0, 0.1) is 6.92 Å². The van der Waals surface area contributed by atoms with E-state index in [1.807, 2.05) is 54.0 Å². The molecule has 3 aromatic heterocycles. The number of nitrogens with zero attached hydrogens (tertiary/aromatic N) is 5. The lowest BCUT2D eigenvalue weighted by Crippen LogP contribution is -2.00. The van der Waals surface area contributed by atoms with Gasteiger partial charge in [0, 0.05) is 11.9 Å². The van der Waals surface area contributed by atoms with Crippen molar-refractivity contribution in [2.24, 2.45) is 0 Å². The maximum Gasteiger partial charge on any atom is 0.245 e. The summed E-state index contributed by atoms with van der Waals surface area (Å²) >= 11 is 0. The standard InChI is InChI=1S/C18H15N5O/c1-13-9-15(7-8-19-13)23-12-22-16-17(23)20-11-21-18(16)24-10-14-5-3-2-4-6-14/h2-9,11-12H,10H2,1H3. The van der Waals surface area contributed by atoms with Gasteiger partial charge in [0.15, 0.2) is 11.2 Å². The molecule has 0 radical (unpaired) electrons. The molecule has 0 N–H and O–H groups in total. The highest BCUT2D eigenvalue weighted by atomic mass is 16.5. The molecule has 0 saturated carbocycles. The van der Waals surface area contributed by atoms with E-state index >= 15 is 0 Å². The van der Waals surface area contributed by atoms with Gasteiger partial charge in [-0.05, 0) is 24.6 Å². The molecule has 4 aromatic rings. The molecule has 0 unspecified atom stereocenters. The Morgan fingerprint density at radius 1 is 1.00 bits per heavy atom. The third kappa shape index (κ3) is 2.69. The monoisotopic (exact) mass is 317 g/mol. The van der Waals surface area contributed by atoms with Crippen molar-refractivity contribution in [2.45, 2.75) is 13.5 Å². The molecule has 3 heterocycles. The summed E-state index contributed by atoms with van der Waals surface area (Å²) in [6, 6.07) is 13.9. The van der Waals surface area contributed by atoms with Crippen LogP contribution in [0.5, 0.6) is 5.88 Å². The third-order valence-corrected chi connectivity index (χ3v) is 3.68. The minimum absolute atomic E-state index is 0.439. The first-order valence-corrected chi connectivity index (χ1v) is 7.59. The molecule has 0 atom stereocenters. The second kappa shape index (κ2) is 6.08. The summed E-state index contributed by atoms with van der Waals surface area (Å²) in [4.78, 5) is 17.2. The van der Waals surface area contributed by atoms with E-state index in [2.05, 4.69) is 19.9 Å². The second-order valence-corrected chi connectivity index (χ2v) is 5.40. The van der Waals surface area contributed by atoms with Crippen molar-refractivity contribution in [3.8, 4) is 11.6 Å². The van der Waals surface area contributed by atoms with E-state index < -0.39 is 0 Å². The fraction of sp³-hybridized carbons (Fsp3) is 0.111. The Morgan fingerprint density at radius 2 is 1.88 bits per heavy atom. The lowest BCUT2D eigenvalue weighted by atomic mass is 10.2. The topological polar surface area (TPSA) is 65.7 Å².